The molecular formula is C10H15BrN4. The van der Waals surface area contributed by atoms with E-state index in [0.29, 0.717) is 12.1 Å². The summed E-state index contributed by atoms with van der Waals surface area (Å²) in [7, 11) is 0. The normalized spacial score (nSPS) is 26.7. The van der Waals surface area contributed by atoms with Crippen molar-refractivity contribution in [2.24, 2.45) is 0 Å². The summed E-state index contributed by atoms with van der Waals surface area (Å²) in [4.78, 5) is 10.6. The van der Waals surface area contributed by atoms with Crippen LogP contribution in [-0.4, -0.2) is 35.1 Å². The Balaban J connectivity index is 2.20. The molecule has 4 nitrogen and oxygen atoms in total. The molecule has 15 heavy (non-hydrogen) atoms. The standard InChI is InChI=1S/C10H15BrN4/c1-7-4-15(5-8(2)14-7)10-9(11)3-12-6-13-10/h3,6-8,14H,4-5H2,1-2H3. The number of piperazine rings is 1. The van der Waals surface area contributed by atoms with Gasteiger partial charge in [-0.15, -0.1) is 0 Å². The second kappa shape index (κ2) is 4.45. The Morgan fingerprint density at radius 2 is 2.07 bits per heavy atom. The van der Waals surface area contributed by atoms with E-state index in [0.717, 1.165) is 23.4 Å². The van der Waals surface area contributed by atoms with Gasteiger partial charge in [-0.1, -0.05) is 0 Å². The number of aromatic nitrogens is 2. The van der Waals surface area contributed by atoms with Crippen LogP contribution in [0.15, 0.2) is 17.0 Å². The molecule has 2 unspecified atom stereocenters. The second-order valence-electron chi connectivity index (χ2n) is 4.07. The van der Waals surface area contributed by atoms with E-state index in [-0.39, 0.29) is 0 Å². The molecule has 2 heterocycles. The first kappa shape index (κ1) is 10.8. The van der Waals surface area contributed by atoms with Crippen molar-refractivity contribution in [3.8, 4) is 0 Å². The van der Waals surface area contributed by atoms with Gasteiger partial charge in [-0.3, -0.25) is 0 Å². The minimum Gasteiger partial charge on any atom is -0.352 e. The Labute approximate surface area is 98.2 Å². The first-order valence-corrected chi connectivity index (χ1v) is 5.92. The first-order chi connectivity index (χ1) is 7.16. The topological polar surface area (TPSA) is 41.1 Å². The van der Waals surface area contributed by atoms with Crippen molar-refractivity contribution in [2.75, 3.05) is 18.0 Å². The van der Waals surface area contributed by atoms with E-state index >= 15 is 0 Å². The zero-order valence-electron chi connectivity index (χ0n) is 8.94. The largest absolute Gasteiger partial charge is 0.352 e. The number of anilines is 1. The van der Waals surface area contributed by atoms with Crippen LogP contribution in [0.4, 0.5) is 5.82 Å². The third kappa shape index (κ3) is 2.46. The molecule has 1 fully saturated rings. The Hall–Kier alpha value is -0.680. The lowest BCUT2D eigenvalue weighted by molar-refractivity contribution is 0.405. The van der Waals surface area contributed by atoms with Crippen LogP contribution in [0.2, 0.25) is 0 Å². The molecule has 0 saturated carbocycles. The van der Waals surface area contributed by atoms with E-state index in [9.17, 15) is 0 Å². The van der Waals surface area contributed by atoms with Crippen molar-refractivity contribution in [2.45, 2.75) is 25.9 Å². The summed E-state index contributed by atoms with van der Waals surface area (Å²) in [5, 5.41) is 3.50. The van der Waals surface area contributed by atoms with Crippen LogP contribution < -0.4 is 10.2 Å². The summed E-state index contributed by atoms with van der Waals surface area (Å²) < 4.78 is 0.964. The van der Waals surface area contributed by atoms with Crippen molar-refractivity contribution in [3.05, 3.63) is 17.0 Å². The van der Waals surface area contributed by atoms with Gasteiger partial charge < -0.3 is 10.2 Å². The van der Waals surface area contributed by atoms with Crippen LogP contribution >= 0.6 is 15.9 Å². The number of hydrogen-bond acceptors (Lipinski definition) is 4. The van der Waals surface area contributed by atoms with Crippen molar-refractivity contribution in [3.63, 3.8) is 0 Å². The molecule has 1 N–H and O–H groups in total. The Kier molecular flexibility index (Phi) is 3.21. The van der Waals surface area contributed by atoms with E-state index < -0.39 is 0 Å². The van der Waals surface area contributed by atoms with Crippen LogP contribution in [0.5, 0.6) is 0 Å². The molecule has 1 aliphatic rings. The Morgan fingerprint density at radius 3 is 2.67 bits per heavy atom. The third-order valence-corrected chi connectivity index (χ3v) is 3.06. The van der Waals surface area contributed by atoms with Gasteiger partial charge in [0, 0.05) is 31.4 Å². The molecule has 2 atom stereocenters. The van der Waals surface area contributed by atoms with E-state index in [1.807, 2.05) is 0 Å². The minimum absolute atomic E-state index is 0.496. The van der Waals surface area contributed by atoms with Gasteiger partial charge in [-0.25, -0.2) is 9.97 Å². The van der Waals surface area contributed by atoms with Gasteiger partial charge in [0.25, 0.3) is 0 Å². The number of hydrogen-bond donors (Lipinski definition) is 1. The molecule has 1 saturated heterocycles. The Bertz CT molecular complexity index is 334. The lowest BCUT2D eigenvalue weighted by Crippen LogP contribution is -2.54. The fourth-order valence-corrected chi connectivity index (χ4v) is 2.51. The maximum atomic E-state index is 4.31. The van der Waals surface area contributed by atoms with Gasteiger partial charge >= 0.3 is 0 Å². The van der Waals surface area contributed by atoms with Crippen LogP contribution in [0.1, 0.15) is 13.8 Å². The van der Waals surface area contributed by atoms with Crippen LogP contribution in [0.25, 0.3) is 0 Å². The smallest absolute Gasteiger partial charge is 0.146 e. The minimum atomic E-state index is 0.496. The molecule has 2 rings (SSSR count). The predicted octanol–water partition coefficient (Wildman–Crippen LogP) is 1.43. The molecule has 0 spiro atoms. The molecule has 1 aliphatic heterocycles. The van der Waals surface area contributed by atoms with Crippen molar-refractivity contribution in [1.29, 1.82) is 0 Å². The Morgan fingerprint density at radius 1 is 1.40 bits per heavy atom. The maximum Gasteiger partial charge on any atom is 0.146 e. The third-order valence-electron chi connectivity index (χ3n) is 2.51. The molecular weight excluding hydrogens is 256 g/mol. The average Bonchev–Trinajstić information content (AvgIpc) is 2.16. The molecule has 5 heteroatoms. The molecule has 1 aromatic rings. The maximum absolute atomic E-state index is 4.31. The molecule has 0 aliphatic carbocycles. The van der Waals surface area contributed by atoms with Crippen LogP contribution in [0.3, 0.4) is 0 Å². The van der Waals surface area contributed by atoms with Crippen LogP contribution in [-0.2, 0) is 0 Å². The van der Waals surface area contributed by atoms with Gasteiger partial charge in [0.05, 0.1) is 4.47 Å². The lowest BCUT2D eigenvalue weighted by atomic mass is 10.1. The summed E-state index contributed by atoms with van der Waals surface area (Å²) in [6.07, 6.45) is 3.39. The SMILES string of the molecule is CC1CN(c2ncncc2Br)CC(C)N1. The molecule has 0 radical (unpaired) electrons. The molecule has 0 amide bonds. The summed E-state index contributed by atoms with van der Waals surface area (Å²) in [5.41, 5.74) is 0. The monoisotopic (exact) mass is 270 g/mol. The van der Waals surface area contributed by atoms with Gasteiger partial charge in [0.2, 0.25) is 0 Å². The van der Waals surface area contributed by atoms with E-state index in [1.54, 1.807) is 12.5 Å². The van der Waals surface area contributed by atoms with Gasteiger partial charge in [-0.2, -0.15) is 0 Å². The molecule has 0 bridgehead atoms. The zero-order valence-corrected chi connectivity index (χ0v) is 10.5. The van der Waals surface area contributed by atoms with Gasteiger partial charge in [0.15, 0.2) is 0 Å². The highest BCUT2D eigenvalue weighted by Gasteiger charge is 2.23. The van der Waals surface area contributed by atoms with E-state index in [4.69, 9.17) is 0 Å². The zero-order chi connectivity index (χ0) is 10.8. The van der Waals surface area contributed by atoms with Crippen molar-refractivity contribution >= 4 is 21.7 Å². The number of rotatable bonds is 1. The number of halogens is 1. The number of nitrogens with zero attached hydrogens (tertiary/aromatic N) is 3. The second-order valence-corrected chi connectivity index (χ2v) is 4.92. The highest BCUT2D eigenvalue weighted by Crippen LogP contribution is 2.23. The quantitative estimate of drug-likeness (QED) is 0.838. The summed E-state index contributed by atoms with van der Waals surface area (Å²) >= 11 is 3.48. The van der Waals surface area contributed by atoms with E-state index in [1.165, 1.54) is 0 Å². The molecule has 0 aromatic carbocycles. The van der Waals surface area contributed by atoms with Crippen molar-refractivity contribution < 1.29 is 0 Å². The van der Waals surface area contributed by atoms with Gasteiger partial charge in [-0.05, 0) is 29.8 Å². The first-order valence-electron chi connectivity index (χ1n) is 5.13. The highest BCUT2D eigenvalue weighted by atomic mass is 79.9. The van der Waals surface area contributed by atoms with E-state index in [2.05, 4.69) is 50.0 Å². The lowest BCUT2D eigenvalue weighted by Gasteiger charge is -2.37. The van der Waals surface area contributed by atoms with Gasteiger partial charge in [0.1, 0.15) is 12.1 Å². The fraction of sp³-hybridized carbons (Fsp3) is 0.600. The predicted molar refractivity (Wildman–Crippen MR) is 64.0 cm³/mol. The summed E-state index contributed by atoms with van der Waals surface area (Å²) in [6.45, 7) is 6.36. The number of nitrogens with one attached hydrogen (secondary N) is 1. The van der Waals surface area contributed by atoms with Crippen molar-refractivity contribution in [1.82, 2.24) is 15.3 Å². The molecule has 82 valence electrons. The summed E-state index contributed by atoms with van der Waals surface area (Å²) in [6, 6.07) is 0.992. The average molecular weight is 271 g/mol. The van der Waals surface area contributed by atoms with Crippen LogP contribution in [0, 0.1) is 0 Å². The summed E-state index contributed by atoms with van der Waals surface area (Å²) in [5.74, 6) is 0.991. The fourth-order valence-electron chi connectivity index (χ4n) is 2.04. The molecule has 1 aromatic heterocycles. The highest BCUT2D eigenvalue weighted by molar-refractivity contribution is 9.10.